The Morgan fingerprint density at radius 2 is 2.07 bits per heavy atom. The van der Waals surface area contributed by atoms with Gasteiger partial charge in [0.15, 0.2) is 10.8 Å². The summed E-state index contributed by atoms with van der Waals surface area (Å²) in [4.78, 5) is 22.1. The number of hydrogen-bond donors (Lipinski definition) is 0. The van der Waals surface area contributed by atoms with Crippen molar-refractivity contribution in [2.45, 2.75) is 63.9 Å². The first-order chi connectivity index (χ1) is 14.0. The third kappa shape index (κ3) is 3.34. The number of rotatable bonds is 4. The molecule has 1 saturated heterocycles. The normalized spacial score (nSPS) is 19.6. The molecule has 29 heavy (non-hydrogen) atoms. The van der Waals surface area contributed by atoms with Crippen LogP contribution in [0.2, 0.25) is 0 Å². The lowest BCUT2D eigenvalue weighted by Crippen LogP contribution is -2.29. The van der Waals surface area contributed by atoms with Gasteiger partial charge in [-0.2, -0.15) is 0 Å². The van der Waals surface area contributed by atoms with Crippen LogP contribution in [0.3, 0.4) is 0 Å². The van der Waals surface area contributed by atoms with E-state index in [0.717, 1.165) is 66.1 Å². The molecule has 0 unspecified atom stereocenters. The fourth-order valence-electron chi connectivity index (χ4n) is 4.50. The fourth-order valence-corrected chi connectivity index (χ4v) is 6.73. The first-order valence-electron chi connectivity index (χ1n) is 10.6. The Hall–Kier alpha value is -1.67. The van der Waals surface area contributed by atoms with Gasteiger partial charge < -0.3 is 4.90 Å². The van der Waals surface area contributed by atoms with Gasteiger partial charge in [0.05, 0.1) is 11.1 Å². The molecule has 5 rings (SSSR count). The Bertz CT molecular complexity index is 1080. The number of carbonyl (C=O) groups excluding carboxylic acids is 1. The second kappa shape index (κ2) is 7.54. The van der Waals surface area contributed by atoms with Gasteiger partial charge in [-0.1, -0.05) is 32.5 Å². The Kier molecular flexibility index (Phi) is 5.02. The van der Waals surface area contributed by atoms with Crippen LogP contribution in [0.1, 0.15) is 62.2 Å². The van der Waals surface area contributed by atoms with Crippen molar-refractivity contribution in [3.63, 3.8) is 0 Å². The summed E-state index contributed by atoms with van der Waals surface area (Å²) in [7, 11) is 0. The lowest BCUT2D eigenvalue weighted by atomic mass is 9.89. The maximum atomic E-state index is 12.5. The van der Waals surface area contributed by atoms with Crippen molar-refractivity contribution < 1.29 is 4.79 Å². The summed E-state index contributed by atoms with van der Waals surface area (Å²) in [5.41, 5.74) is 2.34. The molecule has 1 aliphatic carbocycles. The van der Waals surface area contributed by atoms with E-state index in [-0.39, 0.29) is 11.8 Å². The van der Waals surface area contributed by atoms with Gasteiger partial charge in [0.1, 0.15) is 10.7 Å². The molecule has 1 fully saturated rings. The van der Waals surface area contributed by atoms with Crippen LogP contribution >= 0.6 is 23.1 Å². The number of hydrogen-bond acceptors (Lipinski definition) is 6. The highest BCUT2D eigenvalue weighted by Crippen LogP contribution is 2.40. The lowest BCUT2D eigenvalue weighted by Gasteiger charge is -2.18. The largest absolute Gasteiger partial charge is 0.342 e. The van der Waals surface area contributed by atoms with Crippen molar-refractivity contribution in [3.05, 3.63) is 16.3 Å². The number of thioether (sulfide) groups is 1. The number of thiophene rings is 1. The van der Waals surface area contributed by atoms with E-state index in [1.54, 1.807) is 0 Å². The van der Waals surface area contributed by atoms with Crippen LogP contribution < -0.4 is 0 Å². The van der Waals surface area contributed by atoms with Gasteiger partial charge in [-0.15, -0.1) is 21.5 Å². The Balaban J connectivity index is 1.57. The van der Waals surface area contributed by atoms with Crippen molar-refractivity contribution in [2.75, 3.05) is 18.8 Å². The molecule has 4 heterocycles. The van der Waals surface area contributed by atoms with Crippen molar-refractivity contribution in [1.29, 1.82) is 0 Å². The van der Waals surface area contributed by atoms with Gasteiger partial charge in [-0.3, -0.25) is 9.20 Å². The van der Waals surface area contributed by atoms with Crippen LogP contribution in [-0.4, -0.2) is 49.2 Å². The van der Waals surface area contributed by atoms with Gasteiger partial charge in [0.25, 0.3) is 0 Å². The molecule has 2 aliphatic rings. The first kappa shape index (κ1) is 19.3. The van der Waals surface area contributed by atoms with Gasteiger partial charge in [-0.05, 0) is 43.6 Å². The summed E-state index contributed by atoms with van der Waals surface area (Å²) in [6.07, 6.45) is 5.69. The number of aryl methyl sites for hydroxylation is 1. The molecule has 1 aliphatic heterocycles. The number of aromatic nitrogens is 4. The van der Waals surface area contributed by atoms with Crippen LogP contribution in [0.15, 0.2) is 5.16 Å². The molecule has 3 aromatic rings. The maximum Gasteiger partial charge on any atom is 0.233 e. The summed E-state index contributed by atoms with van der Waals surface area (Å²) in [5.74, 6) is 2.59. The van der Waals surface area contributed by atoms with Crippen LogP contribution in [0.25, 0.3) is 15.9 Å². The summed E-state index contributed by atoms with van der Waals surface area (Å²) >= 11 is 3.33. The zero-order chi connectivity index (χ0) is 20.1. The van der Waals surface area contributed by atoms with E-state index in [1.165, 1.54) is 34.0 Å². The molecule has 0 bridgehead atoms. The second-order valence-corrected chi connectivity index (χ2v) is 10.7. The predicted octanol–water partition coefficient (Wildman–Crippen LogP) is 4.30. The zero-order valence-electron chi connectivity index (χ0n) is 17.3. The van der Waals surface area contributed by atoms with Gasteiger partial charge in [0, 0.05) is 23.9 Å². The molecule has 8 heteroatoms. The predicted molar refractivity (Wildman–Crippen MR) is 118 cm³/mol. The molecule has 3 aromatic heterocycles. The third-order valence-corrected chi connectivity index (χ3v) is 8.16. The fraction of sp³-hybridized carbons (Fsp3) is 0.619. The van der Waals surface area contributed by atoms with E-state index in [4.69, 9.17) is 4.98 Å². The van der Waals surface area contributed by atoms with E-state index in [9.17, 15) is 4.79 Å². The number of nitrogens with zero attached hydrogens (tertiary/aromatic N) is 5. The van der Waals surface area contributed by atoms with Crippen molar-refractivity contribution in [1.82, 2.24) is 24.5 Å². The summed E-state index contributed by atoms with van der Waals surface area (Å²) in [5, 5.41) is 11.1. The molecule has 0 N–H and O–H groups in total. The number of carbonyl (C=O) groups is 1. The van der Waals surface area contributed by atoms with E-state index < -0.39 is 0 Å². The highest BCUT2D eigenvalue weighted by molar-refractivity contribution is 7.99. The molecule has 0 saturated carbocycles. The number of amides is 1. The van der Waals surface area contributed by atoms with Crippen LogP contribution in [0, 0.1) is 5.92 Å². The van der Waals surface area contributed by atoms with E-state index in [2.05, 4.69) is 35.4 Å². The van der Waals surface area contributed by atoms with Gasteiger partial charge in [0.2, 0.25) is 5.91 Å². The van der Waals surface area contributed by atoms with Crippen molar-refractivity contribution >= 4 is 44.9 Å². The maximum absolute atomic E-state index is 12.5. The summed E-state index contributed by atoms with van der Waals surface area (Å²) in [6, 6.07) is 0. The molecule has 0 radical (unpaired) electrons. The van der Waals surface area contributed by atoms with E-state index in [0.29, 0.717) is 5.75 Å². The minimum Gasteiger partial charge on any atom is -0.342 e. The third-order valence-electron chi connectivity index (χ3n) is 6.10. The topological polar surface area (TPSA) is 63.4 Å². The van der Waals surface area contributed by atoms with E-state index in [1.807, 2.05) is 16.2 Å². The first-order valence-corrected chi connectivity index (χ1v) is 12.4. The lowest BCUT2D eigenvalue weighted by molar-refractivity contribution is -0.127. The zero-order valence-corrected chi connectivity index (χ0v) is 18.9. The average molecular weight is 430 g/mol. The summed E-state index contributed by atoms with van der Waals surface area (Å²) in [6.45, 7) is 8.43. The molecular weight excluding hydrogens is 402 g/mol. The molecule has 6 nitrogen and oxygen atoms in total. The average Bonchev–Trinajstić information content (AvgIpc) is 3.42. The van der Waals surface area contributed by atoms with Crippen LogP contribution in [0.5, 0.6) is 0 Å². The molecular formula is C21H27N5OS2. The smallest absolute Gasteiger partial charge is 0.233 e. The molecule has 0 aromatic carbocycles. The minimum absolute atomic E-state index is 0.200. The standard InChI is InChI=1S/C21H27N5OS2/c1-12(2)18-22-20-17(14-7-6-13(3)10-15(14)29-20)19-23-24-21(26(18)19)28-11-16(27)25-8-4-5-9-25/h12-13H,4-11H2,1-3H3/t13-/m0/s1. The van der Waals surface area contributed by atoms with Gasteiger partial charge >= 0.3 is 0 Å². The molecule has 1 atom stereocenters. The van der Waals surface area contributed by atoms with Crippen LogP contribution in [-0.2, 0) is 17.6 Å². The van der Waals surface area contributed by atoms with Crippen LogP contribution in [0.4, 0.5) is 0 Å². The highest BCUT2D eigenvalue weighted by atomic mass is 32.2. The molecule has 1 amide bonds. The SMILES string of the molecule is CC(C)c1nc2sc3c(c2c2nnc(SCC(=O)N4CCCC4)n12)CC[C@H](C)C3. The summed E-state index contributed by atoms with van der Waals surface area (Å²) < 4.78 is 2.11. The Morgan fingerprint density at radius 3 is 2.83 bits per heavy atom. The molecule has 154 valence electrons. The Labute approximate surface area is 179 Å². The Morgan fingerprint density at radius 1 is 1.28 bits per heavy atom. The van der Waals surface area contributed by atoms with Crippen molar-refractivity contribution in [3.8, 4) is 0 Å². The minimum atomic E-state index is 0.200. The van der Waals surface area contributed by atoms with E-state index >= 15 is 0 Å². The highest BCUT2D eigenvalue weighted by Gasteiger charge is 2.27. The van der Waals surface area contributed by atoms with Gasteiger partial charge in [-0.25, -0.2) is 4.98 Å². The number of fused-ring (bicyclic) bond motifs is 5. The quantitative estimate of drug-likeness (QED) is 0.579. The molecule has 0 spiro atoms. The van der Waals surface area contributed by atoms with Crippen molar-refractivity contribution in [2.24, 2.45) is 5.92 Å². The monoisotopic (exact) mass is 429 g/mol. The second-order valence-electron chi connectivity index (χ2n) is 8.67. The number of likely N-dealkylation sites (tertiary alicyclic amines) is 1.